The summed E-state index contributed by atoms with van der Waals surface area (Å²) in [7, 11) is 0. The van der Waals surface area contributed by atoms with Gasteiger partial charge in [-0.15, -0.1) is 0 Å². The van der Waals surface area contributed by atoms with Crippen molar-refractivity contribution in [3.63, 3.8) is 0 Å². The van der Waals surface area contributed by atoms with Crippen LogP contribution in [0.4, 0.5) is 0 Å². The van der Waals surface area contributed by atoms with Crippen molar-refractivity contribution < 1.29 is 20.1 Å². The third-order valence-corrected chi connectivity index (χ3v) is 7.26. The maximum absolute atomic E-state index is 10.8. The Morgan fingerprint density at radius 2 is 1.96 bits per heavy atom. The molecule has 3 aliphatic carbocycles. The molecule has 0 bridgehead atoms. The third-order valence-electron chi connectivity index (χ3n) is 7.26. The summed E-state index contributed by atoms with van der Waals surface area (Å²) in [4.78, 5) is 10.8. The lowest BCUT2D eigenvalue weighted by atomic mass is 9.50. The van der Waals surface area contributed by atoms with E-state index in [1.54, 1.807) is 0 Å². The molecule has 3 N–H and O–H groups in total. The van der Waals surface area contributed by atoms with Crippen LogP contribution in [0, 0.1) is 41.4 Å². The maximum Gasteiger partial charge on any atom is 0.303 e. The third kappa shape index (κ3) is 4.99. The molecule has 0 radical (unpaired) electrons. The smallest absolute Gasteiger partial charge is 0.303 e. The zero-order chi connectivity index (χ0) is 20.1. The topological polar surface area (TPSA) is 77.8 Å². The average Bonchev–Trinajstić information content (AvgIpc) is 2.66. The fourth-order valence-electron chi connectivity index (χ4n) is 5.88. The first-order valence-electron chi connectivity index (χ1n) is 11.3. The van der Waals surface area contributed by atoms with E-state index in [1.807, 2.05) is 0 Å². The summed E-state index contributed by atoms with van der Waals surface area (Å²) in [5.41, 5.74) is 1.38. The van der Waals surface area contributed by atoms with E-state index in [-0.39, 0.29) is 12.3 Å². The Labute approximate surface area is 169 Å². The van der Waals surface area contributed by atoms with Gasteiger partial charge in [0, 0.05) is 6.42 Å². The lowest BCUT2D eigenvalue weighted by molar-refractivity contribution is -0.136. The number of aliphatic carboxylic acids is 1. The molecule has 2 unspecified atom stereocenters. The molecule has 3 saturated carbocycles. The first-order valence-corrected chi connectivity index (χ1v) is 11.3. The number of allylic oxidation sites excluding steroid dienone is 2. The minimum atomic E-state index is -0.754. The van der Waals surface area contributed by atoms with Crippen LogP contribution in [0.25, 0.3) is 0 Å². The zero-order valence-electron chi connectivity index (χ0n) is 17.1. The molecular formula is C24H36O4. The maximum atomic E-state index is 10.8. The fraction of sp³-hybridized carbons (Fsp3) is 0.792. The van der Waals surface area contributed by atoms with Gasteiger partial charge in [0.25, 0.3) is 0 Å². The molecule has 156 valence electrons. The van der Waals surface area contributed by atoms with Gasteiger partial charge in [0.1, 0.15) is 6.10 Å². The minimum absolute atomic E-state index is 0.0682. The van der Waals surface area contributed by atoms with Crippen LogP contribution < -0.4 is 0 Å². The molecule has 0 aromatic heterocycles. The number of carbonyl (C=O) groups is 1. The molecule has 0 saturated heterocycles. The summed E-state index contributed by atoms with van der Waals surface area (Å²) in [5, 5.41) is 29.9. The molecule has 3 aliphatic rings. The molecule has 4 heteroatoms. The van der Waals surface area contributed by atoms with E-state index in [1.165, 1.54) is 37.7 Å². The molecule has 28 heavy (non-hydrogen) atoms. The number of fused-ring (bicyclic) bond motifs is 1. The molecule has 3 fully saturated rings. The van der Waals surface area contributed by atoms with E-state index in [0.717, 1.165) is 25.7 Å². The highest BCUT2D eigenvalue weighted by Gasteiger charge is 2.52. The molecule has 0 aliphatic heterocycles. The van der Waals surface area contributed by atoms with Gasteiger partial charge in [-0.05, 0) is 55.8 Å². The van der Waals surface area contributed by atoms with Crippen LogP contribution in [-0.4, -0.2) is 33.5 Å². The summed E-state index contributed by atoms with van der Waals surface area (Å²) in [6.45, 7) is 2.16. The van der Waals surface area contributed by atoms with Crippen molar-refractivity contribution >= 4 is 5.97 Å². The number of hydrogen-bond donors (Lipinski definition) is 3. The van der Waals surface area contributed by atoms with Gasteiger partial charge in [-0.2, -0.15) is 0 Å². The summed E-state index contributed by atoms with van der Waals surface area (Å²) < 4.78 is 0. The minimum Gasteiger partial charge on any atom is -0.481 e. The lowest BCUT2D eigenvalue weighted by Gasteiger charge is -2.54. The van der Waals surface area contributed by atoms with Crippen LogP contribution >= 0.6 is 0 Å². The second-order valence-corrected chi connectivity index (χ2v) is 9.05. The van der Waals surface area contributed by atoms with Crippen molar-refractivity contribution in [3.05, 3.63) is 11.6 Å². The summed E-state index contributed by atoms with van der Waals surface area (Å²) >= 11 is 0. The number of carboxylic acid groups (broad SMARTS) is 1. The molecule has 0 amide bonds. The Kier molecular flexibility index (Phi) is 7.60. The van der Waals surface area contributed by atoms with Crippen LogP contribution in [0.5, 0.6) is 0 Å². The van der Waals surface area contributed by atoms with Gasteiger partial charge in [0.15, 0.2) is 0 Å². The summed E-state index contributed by atoms with van der Waals surface area (Å²) in [6.07, 6.45) is 11.6. The number of hydrogen-bond acceptors (Lipinski definition) is 3. The Morgan fingerprint density at radius 3 is 2.64 bits per heavy atom. The van der Waals surface area contributed by atoms with E-state index in [4.69, 9.17) is 5.11 Å². The van der Waals surface area contributed by atoms with Gasteiger partial charge >= 0.3 is 5.97 Å². The van der Waals surface area contributed by atoms with Gasteiger partial charge < -0.3 is 15.3 Å². The van der Waals surface area contributed by atoms with Gasteiger partial charge in [-0.1, -0.05) is 62.5 Å². The van der Waals surface area contributed by atoms with Crippen LogP contribution in [-0.2, 0) is 4.79 Å². The molecule has 3 rings (SSSR count). The molecular weight excluding hydrogens is 352 g/mol. The predicted octanol–water partition coefficient (Wildman–Crippen LogP) is 4.16. The van der Waals surface area contributed by atoms with Crippen LogP contribution in [0.3, 0.4) is 0 Å². The Morgan fingerprint density at radius 1 is 1.21 bits per heavy atom. The van der Waals surface area contributed by atoms with Crippen molar-refractivity contribution in [2.45, 2.75) is 89.8 Å². The molecule has 0 spiro atoms. The zero-order valence-corrected chi connectivity index (χ0v) is 17.1. The van der Waals surface area contributed by atoms with Crippen LogP contribution in [0.2, 0.25) is 0 Å². The average molecular weight is 389 g/mol. The number of carboxylic acids is 1. The molecule has 0 aromatic rings. The molecule has 0 heterocycles. The first-order chi connectivity index (χ1) is 13.5. The highest BCUT2D eigenvalue weighted by Crippen LogP contribution is 2.57. The normalized spacial score (nSPS) is 35.4. The largest absolute Gasteiger partial charge is 0.481 e. The Hall–Kier alpha value is -1.31. The van der Waals surface area contributed by atoms with Gasteiger partial charge in [-0.25, -0.2) is 0 Å². The fourth-order valence-corrected chi connectivity index (χ4v) is 5.88. The lowest BCUT2D eigenvalue weighted by Crippen LogP contribution is -2.50. The van der Waals surface area contributed by atoms with Crippen molar-refractivity contribution in [1.82, 2.24) is 0 Å². The predicted molar refractivity (Wildman–Crippen MR) is 109 cm³/mol. The van der Waals surface area contributed by atoms with E-state index < -0.39 is 18.2 Å². The van der Waals surface area contributed by atoms with Crippen molar-refractivity contribution in [1.29, 1.82) is 0 Å². The van der Waals surface area contributed by atoms with E-state index in [2.05, 4.69) is 24.8 Å². The van der Waals surface area contributed by atoms with Crippen molar-refractivity contribution in [3.8, 4) is 11.8 Å². The number of aliphatic hydroxyl groups excluding tert-OH is 2. The second-order valence-electron chi connectivity index (χ2n) is 9.05. The van der Waals surface area contributed by atoms with Crippen molar-refractivity contribution in [2.24, 2.45) is 29.6 Å². The first kappa shape index (κ1) is 21.4. The van der Waals surface area contributed by atoms with E-state index in [0.29, 0.717) is 30.1 Å². The van der Waals surface area contributed by atoms with Crippen LogP contribution in [0.15, 0.2) is 11.6 Å². The second kappa shape index (κ2) is 9.94. The van der Waals surface area contributed by atoms with Crippen molar-refractivity contribution in [2.75, 3.05) is 0 Å². The highest BCUT2D eigenvalue weighted by atomic mass is 16.4. The highest BCUT2D eigenvalue weighted by molar-refractivity contribution is 5.66. The summed E-state index contributed by atoms with van der Waals surface area (Å²) in [6, 6.07) is 0. The van der Waals surface area contributed by atoms with E-state index in [9.17, 15) is 15.0 Å². The van der Waals surface area contributed by atoms with E-state index >= 15 is 0 Å². The quantitative estimate of drug-likeness (QED) is 0.472. The number of rotatable bonds is 6. The van der Waals surface area contributed by atoms with Gasteiger partial charge in [-0.3, -0.25) is 4.79 Å². The molecule has 4 nitrogen and oxygen atoms in total. The van der Waals surface area contributed by atoms with Crippen LogP contribution in [0.1, 0.15) is 77.6 Å². The Bertz CT molecular complexity index is 614. The Balaban J connectivity index is 1.63. The van der Waals surface area contributed by atoms with Gasteiger partial charge in [0.05, 0.1) is 12.0 Å². The SMILES string of the molecule is CCC1C(=CCCC(=O)O)[C@H]2CC[C@@H](O)[C@H](C#CC(O)CC3CCCCC3)[C@@H]12. The number of aliphatic hydroxyl groups is 2. The standard InChI is InChI=1S/C24H36O4/c1-2-18-19(9-6-10-23(27)28)20-13-14-22(26)21(24(18)20)12-11-17(25)15-16-7-4-3-5-8-16/h9,16-18,20-22,24-26H,2-8,10,13-15H2,1H3,(H,27,28)/t17?,18?,20-,21+,22-,24+/m1/s1. The molecule has 0 aromatic carbocycles. The molecule has 6 atom stereocenters. The van der Waals surface area contributed by atoms with Gasteiger partial charge in [0.2, 0.25) is 0 Å². The summed E-state index contributed by atoms with van der Waals surface area (Å²) in [5.74, 6) is 7.30. The monoisotopic (exact) mass is 388 g/mol.